The molecule has 0 radical (unpaired) electrons. The summed E-state index contributed by atoms with van der Waals surface area (Å²) < 4.78 is 33.8. The van der Waals surface area contributed by atoms with Crippen molar-refractivity contribution in [2.45, 2.75) is 19.5 Å². The number of carbonyl (C=O) groups excluding carboxylic acids is 1. The number of hydrogen-bond donors (Lipinski definition) is 0. The lowest BCUT2D eigenvalue weighted by atomic mass is 10.2. The highest BCUT2D eigenvalue weighted by molar-refractivity contribution is 5.92. The van der Waals surface area contributed by atoms with Crippen LogP contribution in [0.1, 0.15) is 18.4 Å². The Morgan fingerprint density at radius 1 is 1.29 bits per heavy atom. The van der Waals surface area contributed by atoms with Crippen LogP contribution in [-0.2, 0) is 4.79 Å². The molecule has 1 aromatic rings. The molecule has 1 aliphatic heterocycles. The Bertz CT molecular complexity index is 526. The number of likely N-dealkylation sites (tertiary alicyclic amines) is 1. The number of hydrogen-bond acceptors (Lipinski definition) is 3. The van der Waals surface area contributed by atoms with Gasteiger partial charge in [-0.05, 0) is 36.6 Å². The molecule has 21 heavy (non-hydrogen) atoms. The quantitative estimate of drug-likeness (QED) is 0.784. The van der Waals surface area contributed by atoms with Gasteiger partial charge in [0, 0.05) is 19.2 Å². The van der Waals surface area contributed by atoms with Crippen molar-refractivity contribution in [1.29, 1.82) is 0 Å². The fourth-order valence-corrected chi connectivity index (χ4v) is 2.19. The zero-order chi connectivity index (χ0) is 15.2. The second-order valence-electron chi connectivity index (χ2n) is 4.65. The molecule has 0 saturated carbocycles. The second kappa shape index (κ2) is 7.06. The SMILES string of the molecule is COc1cc(/C=C\C(=O)N2CCCC2)ccc1OC(F)F. The summed E-state index contributed by atoms with van der Waals surface area (Å²) in [4.78, 5) is 13.6. The topological polar surface area (TPSA) is 38.8 Å². The summed E-state index contributed by atoms with van der Waals surface area (Å²) >= 11 is 0. The van der Waals surface area contributed by atoms with Crippen LogP contribution in [0.2, 0.25) is 0 Å². The first-order chi connectivity index (χ1) is 10.1. The molecule has 0 aliphatic carbocycles. The number of methoxy groups -OCH3 is 1. The van der Waals surface area contributed by atoms with Crippen LogP contribution in [-0.4, -0.2) is 37.6 Å². The van der Waals surface area contributed by atoms with E-state index >= 15 is 0 Å². The van der Waals surface area contributed by atoms with E-state index in [1.165, 1.54) is 19.3 Å². The Morgan fingerprint density at radius 2 is 2.00 bits per heavy atom. The summed E-state index contributed by atoms with van der Waals surface area (Å²) in [5.41, 5.74) is 0.681. The summed E-state index contributed by atoms with van der Waals surface area (Å²) in [6, 6.07) is 4.53. The van der Waals surface area contributed by atoms with Crippen molar-refractivity contribution >= 4 is 12.0 Å². The third-order valence-corrected chi connectivity index (χ3v) is 3.24. The number of benzene rings is 1. The predicted molar refractivity (Wildman–Crippen MR) is 74.5 cm³/mol. The molecule has 0 unspecified atom stereocenters. The standard InChI is InChI=1S/C15H17F2NO3/c1-20-13-10-11(4-6-12(13)21-15(16)17)5-7-14(19)18-8-2-3-9-18/h4-7,10,15H,2-3,8-9H2,1H3/b7-5-. The summed E-state index contributed by atoms with van der Waals surface area (Å²) in [6.07, 6.45) is 5.18. The van der Waals surface area contributed by atoms with Gasteiger partial charge in [0.1, 0.15) is 0 Å². The molecule has 1 saturated heterocycles. The van der Waals surface area contributed by atoms with Crippen LogP contribution in [0.3, 0.4) is 0 Å². The highest BCUT2D eigenvalue weighted by atomic mass is 19.3. The van der Waals surface area contributed by atoms with Gasteiger partial charge in [0.15, 0.2) is 11.5 Å². The normalized spacial score (nSPS) is 15.0. The Hall–Kier alpha value is -2.11. The van der Waals surface area contributed by atoms with Crippen molar-refractivity contribution in [1.82, 2.24) is 4.90 Å². The molecule has 1 heterocycles. The molecule has 114 valence electrons. The number of carbonyl (C=O) groups is 1. The Labute approximate surface area is 121 Å². The summed E-state index contributed by atoms with van der Waals surface area (Å²) in [7, 11) is 1.37. The van der Waals surface area contributed by atoms with E-state index in [1.54, 1.807) is 23.1 Å². The molecule has 0 spiro atoms. The molecular weight excluding hydrogens is 280 g/mol. The zero-order valence-corrected chi connectivity index (χ0v) is 11.7. The van der Waals surface area contributed by atoms with Gasteiger partial charge in [-0.3, -0.25) is 4.79 Å². The minimum atomic E-state index is -2.91. The molecule has 0 bridgehead atoms. The van der Waals surface area contributed by atoms with Crippen molar-refractivity contribution in [2.75, 3.05) is 20.2 Å². The van der Waals surface area contributed by atoms with Crippen molar-refractivity contribution in [3.63, 3.8) is 0 Å². The molecule has 4 nitrogen and oxygen atoms in total. The van der Waals surface area contributed by atoms with E-state index in [0.29, 0.717) is 5.56 Å². The van der Waals surface area contributed by atoms with Gasteiger partial charge in [-0.25, -0.2) is 0 Å². The average Bonchev–Trinajstić information content (AvgIpc) is 2.99. The number of amides is 1. The highest BCUT2D eigenvalue weighted by Crippen LogP contribution is 2.29. The zero-order valence-electron chi connectivity index (χ0n) is 11.7. The monoisotopic (exact) mass is 297 g/mol. The summed E-state index contributed by atoms with van der Waals surface area (Å²) in [5, 5.41) is 0. The first kappa shape index (κ1) is 15.3. The second-order valence-corrected chi connectivity index (χ2v) is 4.65. The lowest BCUT2D eigenvalue weighted by Crippen LogP contribution is -2.25. The van der Waals surface area contributed by atoms with Crippen molar-refractivity contribution in [3.8, 4) is 11.5 Å². The van der Waals surface area contributed by atoms with Gasteiger partial charge in [0.2, 0.25) is 5.91 Å². The minimum Gasteiger partial charge on any atom is -0.493 e. The maximum Gasteiger partial charge on any atom is 0.387 e. The number of alkyl halides is 2. The molecule has 1 aliphatic rings. The van der Waals surface area contributed by atoms with E-state index < -0.39 is 6.61 Å². The van der Waals surface area contributed by atoms with Crippen LogP contribution >= 0.6 is 0 Å². The average molecular weight is 297 g/mol. The smallest absolute Gasteiger partial charge is 0.387 e. The summed E-state index contributed by atoms with van der Waals surface area (Å²) in [5.74, 6) is 0.126. The largest absolute Gasteiger partial charge is 0.493 e. The maximum atomic E-state index is 12.2. The number of halogens is 2. The van der Waals surface area contributed by atoms with Gasteiger partial charge in [0.25, 0.3) is 0 Å². The van der Waals surface area contributed by atoms with E-state index in [1.807, 2.05) is 0 Å². The first-order valence-electron chi connectivity index (χ1n) is 6.70. The molecular formula is C15H17F2NO3. The van der Waals surface area contributed by atoms with E-state index in [0.717, 1.165) is 25.9 Å². The van der Waals surface area contributed by atoms with Crippen LogP contribution in [0, 0.1) is 0 Å². The fourth-order valence-electron chi connectivity index (χ4n) is 2.19. The molecule has 1 aromatic carbocycles. The lowest BCUT2D eigenvalue weighted by Gasteiger charge is -2.12. The molecule has 0 atom stereocenters. The Kier molecular flexibility index (Phi) is 5.14. The predicted octanol–water partition coefficient (Wildman–Crippen LogP) is 2.93. The molecule has 6 heteroatoms. The fraction of sp³-hybridized carbons (Fsp3) is 0.400. The third kappa shape index (κ3) is 4.18. The van der Waals surface area contributed by atoms with Crippen molar-refractivity contribution < 1.29 is 23.0 Å². The molecule has 1 fully saturated rings. The van der Waals surface area contributed by atoms with E-state index in [2.05, 4.69) is 4.74 Å². The third-order valence-electron chi connectivity index (χ3n) is 3.24. The molecule has 0 N–H and O–H groups in total. The van der Waals surface area contributed by atoms with Gasteiger partial charge < -0.3 is 14.4 Å². The highest BCUT2D eigenvalue weighted by Gasteiger charge is 2.15. The van der Waals surface area contributed by atoms with E-state index in [-0.39, 0.29) is 17.4 Å². The lowest BCUT2D eigenvalue weighted by molar-refractivity contribution is -0.124. The van der Waals surface area contributed by atoms with Gasteiger partial charge in [-0.1, -0.05) is 6.07 Å². The van der Waals surface area contributed by atoms with Gasteiger partial charge in [0.05, 0.1) is 7.11 Å². The van der Waals surface area contributed by atoms with Crippen LogP contribution < -0.4 is 9.47 Å². The number of nitrogens with zero attached hydrogens (tertiary/aromatic N) is 1. The van der Waals surface area contributed by atoms with Crippen LogP contribution in [0.4, 0.5) is 8.78 Å². The number of rotatable bonds is 5. The minimum absolute atomic E-state index is 0.0319. The van der Waals surface area contributed by atoms with E-state index in [9.17, 15) is 13.6 Å². The van der Waals surface area contributed by atoms with Crippen molar-refractivity contribution in [2.24, 2.45) is 0 Å². The van der Waals surface area contributed by atoms with Crippen LogP contribution in [0.15, 0.2) is 24.3 Å². The van der Waals surface area contributed by atoms with Crippen LogP contribution in [0.5, 0.6) is 11.5 Å². The Morgan fingerprint density at radius 3 is 2.62 bits per heavy atom. The number of ether oxygens (including phenoxy) is 2. The first-order valence-corrected chi connectivity index (χ1v) is 6.70. The van der Waals surface area contributed by atoms with Gasteiger partial charge in [-0.2, -0.15) is 8.78 Å². The molecule has 2 rings (SSSR count). The summed E-state index contributed by atoms with van der Waals surface area (Å²) in [6.45, 7) is -1.33. The van der Waals surface area contributed by atoms with Crippen LogP contribution in [0.25, 0.3) is 6.08 Å². The molecule has 1 amide bonds. The Balaban J connectivity index is 2.07. The van der Waals surface area contributed by atoms with E-state index in [4.69, 9.17) is 4.74 Å². The molecule has 0 aromatic heterocycles. The maximum absolute atomic E-state index is 12.2. The van der Waals surface area contributed by atoms with Gasteiger partial charge in [-0.15, -0.1) is 0 Å². The van der Waals surface area contributed by atoms with Crippen molar-refractivity contribution in [3.05, 3.63) is 29.8 Å². The van der Waals surface area contributed by atoms with Gasteiger partial charge >= 0.3 is 6.61 Å².